The molecule has 2 heterocycles. The highest BCUT2D eigenvalue weighted by Crippen LogP contribution is 2.44. The largest absolute Gasteiger partial charge is 0.480 e. The zero-order valence-corrected chi connectivity index (χ0v) is 19.4. The number of hydrogen-bond donors (Lipinski definition) is 10. The lowest BCUT2D eigenvalue weighted by Crippen LogP contribution is -2.63. The first-order valence-electron chi connectivity index (χ1n) is 10.5. The quantitative estimate of drug-likeness (QED) is 0.0798. The third kappa shape index (κ3) is 7.15. The molecule has 2 rings (SSSR count). The van der Waals surface area contributed by atoms with Gasteiger partial charge in [0.2, 0.25) is 5.79 Å². The van der Waals surface area contributed by atoms with E-state index in [4.69, 9.17) is 29.8 Å². The van der Waals surface area contributed by atoms with E-state index in [1.165, 1.54) is 0 Å². The molecule has 0 radical (unpaired) electrons. The minimum atomic E-state index is -5.36. The molecule has 2 saturated heterocycles. The highest BCUT2D eigenvalue weighted by atomic mass is 31.2. The predicted molar refractivity (Wildman–Crippen MR) is 108 cm³/mol. The number of ether oxygens (including phenoxy) is 4. The summed E-state index contributed by atoms with van der Waals surface area (Å²) in [6.45, 7) is -3.05. The van der Waals surface area contributed by atoms with Gasteiger partial charge in [0.15, 0.2) is 12.4 Å². The van der Waals surface area contributed by atoms with Gasteiger partial charge in [0.25, 0.3) is 0 Å². The molecular formula is C17H30NO17P. The number of esters is 1. The van der Waals surface area contributed by atoms with E-state index in [9.17, 15) is 54.6 Å². The number of carbonyl (C=O) groups is 2. The third-order valence-electron chi connectivity index (χ3n) is 5.51. The Labute approximate surface area is 202 Å². The summed E-state index contributed by atoms with van der Waals surface area (Å²) >= 11 is 0. The van der Waals surface area contributed by atoms with E-state index in [2.05, 4.69) is 4.52 Å². The number of phosphoric acid groups is 1. The van der Waals surface area contributed by atoms with Gasteiger partial charge in [0, 0.05) is 6.42 Å². The van der Waals surface area contributed by atoms with Crippen LogP contribution in [0.4, 0.5) is 0 Å². The lowest BCUT2D eigenvalue weighted by Gasteiger charge is -2.44. The van der Waals surface area contributed by atoms with Gasteiger partial charge in [0.1, 0.15) is 49.3 Å². The summed E-state index contributed by atoms with van der Waals surface area (Å²) in [5, 5.41) is 68.7. The van der Waals surface area contributed by atoms with Crippen LogP contribution in [0.1, 0.15) is 12.8 Å². The normalized spacial score (nSPS) is 38.0. The van der Waals surface area contributed by atoms with Crippen molar-refractivity contribution in [2.45, 2.75) is 73.7 Å². The van der Waals surface area contributed by atoms with Crippen LogP contribution in [0, 0.1) is 0 Å². The van der Waals surface area contributed by atoms with E-state index in [1.54, 1.807) is 0 Å². The first-order chi connectivity index (χ1) is 16.7. The Bertz CT molecular complexity index is 810. The molecule has 0 bridgehead atoms. The van der Waals surface area contributed by atoms with Gasteiger partial charge < -0.3 is 70.2 Å². The molecule has 2 aliphatic heterocycles. The van der Waals surface area contributed by atoms with Crippen molar-refractivity contribution in [3.63, 3.8) is 0 Å². The summed E-state index contributed by atoms with van der Waals surface area (Å²) in [6, 6.07) is -1.42. The fraction of sp³-hybridized carbons (Fsp3) is 0.882. The van der Waals surface area contributed by atoms with Crippen LogP contribution < -0.4 is 5.73 Å². The molecule has 19 heteroatoms. The second kappa shape index (κ2) is 12.5. The van der Waals surface area contributed by atoms with Crippen molar-refractivity contribution in [2.75, 3.05) is 19.8 Å². The SMILES string of the molecule is NC(CCC(=O)O[C@H]1[C@H](O)[C@@H](CO)O[C@@]1(CO)O[C@H]1O[C@H](CO)[C@@H](O)[C@H](O)[C@H]1OP(=O)(O)O)C(=O)O. The average Bonchev–Trinajstić information content (AvgIpc) is 3.07. The van der Waals surface area contributed by atoms with Crippen LogP contribution in [0.3, 0.4) is 0 Å². The molecule has 2 fully saturated rings. The van der Waals surface area contributed by atoms with Crippen molar-refractivity contribution in [3.8, 4) is 0 Å². The summed E-state index contributed by atoms with van der Waals surface area (Å²) in [5.74, 6) is -5.12. The highest BCUT2D eigenvalue weighted by molar-refractivity contribution is 7.46. The molecular weight excluding hydrogens is 521 g/mol. The van der Waals surface area contributed by atoms with Gasteiger partial charge in [0.05, 0.1) is 13.2 Å². The minimum Gasteiger partial charge on any atom is -0.480 e. The zero-order valence-electron chi connectivity index (χ0n) is 18.5. The molecule has 0 spiro atoms. The average molecular weight is 551 g/mol. The topological polar surface area (TPSA) is 305 Å². The van der Waals surface area contributed by atoms with Gasteiger partial charge in [-0.2, -0.15) is 0 Å². The number of aliphatic carboxylic acids is 1. The fourth-order valence-corrected chi connectivity index (χ4v) is 4.17. The van der Waals surface area contributed by atoms with Crippen molar-refractivity contribution < 1.29 is 83.2 Å². The molecule has 210 valence electrons. The summed E-state index contributed by atoms with van der Waals surface area (Å²) in [6.07, 6.45) is -16.2. The van der Waals surface area contributed by atoms with Gasteiger partial charge in [-0.3, -0.25) is 14.1 Å². The van der Waals surface area contributed by atoms with Crippen LogP contribution in [0.15, 0.2) is 0 Å². The Hall–Kier alpha value is -1.35. The van der Waals surface area contributed by atoms with Crippen LogP contribution in [0.2, 0.25) is 0 Å². The Morgan fingerprint density at radius 2 is 1.64 bits per heavy atom. The Kier molecular flexibility index (Phi) is 10.7. The van der Waals surface area contributed by atoms with Crippen LogP contribution in [-0.2, 0) is 37.6 Å². The molecule has 0 aromatic carbocycles. The van der Waals surface area contributed by atoms with Gasteiger partial charge in [-0.1, -0.05) is 0 Å². The van der Waals surface area contributed by atoms with Crippen molar-refractivity contribution >= 4 is 19.8 Å². The van der Waals surface area contributed by atoms with Gasteiger partial charge in [-0.25, -0.2) is 4.57 Å². The molecule has 11 N–H and O–H groups in total. The van der Waals surface area contributed by atoms with Crippen molar-refractivity contribution in [2.24, 2.45) is 5.73 Å². The Morgan fingerprint density at radius 1 is 1.03 bits per heavy atom. The monoisotopic (exact) mass is 551 g/mol. The molecule has 0 aromatic rings. The highest BCUT2D eigenvalue weighted by Gasteiger charge is 2.61. The van der Waals surface area contributed by atoms with E-state index in [0.717, 1.165) is 0 Å². The van der Waals surface area contributed by atoms with Gasteiger partial charge in [-0.15, -0.1) is 0 Å². The van der Waals surface area contributed by atoms with Crippen LogP contribution >= 0.6 is 7.82 Å². The zero-order chi connectivity index (χ0) is 27.4. The van der Waals surface area contributed by atoms with Crippen molar-refractivity contribution in [1.29, 1.82) is 0 Å². The maximum Gasteiger partial charge on any atom is 0.470 e. The molecule has 18 nitrogen and oxygen atoms in total. The van der Waals surface area contributed by atoms with Crippen LogP contribution in [-0.4, -0.2) is 138 Å². The maximum atomic E-state index is 12.3. The molecule has 0 aliphatic carbocycles. The van der Waals surface area contributed by atoms with E-state index in [1.807, 2.05) is 0 Å². The summed E-state index contributed by atoms with van der Waals surface area (Å²) in [4.78, 5) is 41.5. The number of phosphoric ester groups is 1. The Morgan fingerprint density at radius 3 is 2.14 bits per heavy atom. The van der Waals surface area contributed by atoms with E-state index in [0.29, 0.717) is 0 Å². The summed E-state index contributed by atoms with van der Waals surface area (Å²) < 4.78 is 37.0. The Balaban J connectivity index is 2.34. The van der Waals surface area contributed by atoms with E-state index < -0.39 is 107 Å². The van der Waals surface area contributed by atoms with Crippen LogP contribution in [0.25, 0.3) is 0 Å². The number of aliphatic hydroxyl groups is 6. The third-order valence-corrected chi connectivity index (χ3v) is 6.03. The molecule has 2 aliphatic rings. The minimum absolute atomic E-state index is 0.375. The first kappa shape index (κ1) is 30.9. The van der Waals surface area contributed by atoms with Gasteiger partial charge >= 0.3 is 19.8 Å². The molecule has 0 aromatic heterocycles. The number of carbonyl (C=O) groups excluding carboxylic acids is 1. The second-order valence-electron chi connectivity index (χ2n) is 8.08. The number of carboxylic acids is 1. The lowest BCUT2D eigenvalue weighted by molar-refractivity contribution is -0.381. The number of hydrogen-bond acceptors (Lipinski definition) is 15. The molecule has 0 amide bonds. The lowest BCUT2D eigenvalue weighted by atomic mass is 9.99. The van der Waals surface area contributed by atoms with Crippen molar-refractivity contribution in [1.82, 2.24) is 0 Å². The standard InChI is InChI=1S/C17H30NO17P/c18-6(15(26)27)1-2-9(22)32-14-11(24)8(4-20)33-17(14,5-21)34-16-13(35-36(28,29)30)12(25)10(23)7(3-19)31-16/h6-8,10-14,16,19-21,23-25H,1-5,18H2,(H,26,27)(H2,28,29,30)/t6?,7-,8-,10-,11-,12+,13-,14+,16-,17+/m1/s1. The summed E-state index contributed by atoms with van der Waals surface area (Å²) in [5.41, 5.74) is 5.33. The second-order valence-corrected chi connectivity index (χ2v) is 9.27. The van der Waals surface area contributed by atoms with Crippen molar-refractivity contribution in [3.05, 3.63) is 0 Å². The number of carboxylic acid groups (broad SMARTS) is 1. The number of aliphatic hydroxyl groups excluding tert-OH is 6. The fourth-order valence-electron chi connectivity index (χ4n) is 3.63. The van der Waals surface area contributed by atoms with Gasteiger partial charge in [-0.05, 0) is 6.42 Å². The predicted octanol–water partition coefficient (Wildman–Crippen LogP) is -5.54. The van der Waals surface area contributed by atoms with Crippen LogP contribution in [0.5, 0.6) is 0 Å². The molecule has 10 atom stereocenters. The number of nitrogens with two attached hydrogens (primary N) is 1. The molecule has 0 saturated carbocycles. The van der Waals surface area contributed by atoms with E-state index in [-0.39, 0.29) is 6.42 Å². The number of rotatable bonds is 12. The molecule has 36 heavy (non-hydrogen) atoms. The summed E-state index contributed by atoms with van der Waals surface area (Å²) in [7, 11) is -5.36. The maximum absolute atomic E-state index is 12.3. The smallest absolute Gasteiger partial charge is 0.470 e. The van der Waals surface area contributed by atoms with E-state index >= 15 is 0 Å². The first-order valence-corrected chi connectivity index (χ1v) is 12.0. The molecule has 1 unspecified atom stereocenters.